The molecule has 0 saturated heterocycles. The average molecular weight is 200 g/mol. The van der Waals surface area contributed by atoms with Crippen molar-refractivity contribution in [1.82, 2.24) is 4.98 Å². The van der Waals surface area contributed by atoms with Crippen molar-refractivity contribution in [2.45, 2.75) is 31.5 Å². The molecule has 0 saturated carbocycles. The lowest BCUT2D eigenvalue weighted by atomic mass is 9.98. The van der Waals surface area contributed by atoms with Crippen LogP contribution in [0.25, 0.3) is 0 Å². The van der Waals surface area contributed by atoms with Gasteiger partial charge in [-0.05, 0) is 25.4 Å². The summed E-state index contributed by atoms with van der Waals surface area (Å²) in [6.07, 6.45) is 2.34. The third kappa shape index (κ3) is 1.30. The Kier molecular flexibility index (Phi) is 2.19. The Morgan fingerprint density at radius 3 is 3.17 bits per heavy atom. The van der Waals surface area contributed by atoms with Crippen LogP contribution in [-0.4, -0.2) is 10.6 Å². The first-order valence-electron chi connectivity index (χ1n) is 4.16. The molecular formula is C8H13N2PS. The van der Waals surface area contributed by atoms with Crippen molar-refractivity contribution in [3.63, 3.8) is 0 Å². The van der Waals surface area contributed by atoms with E-state index in [-0.39, 0.29) is 6.04 Å². The smallest absolute Gasteiger partial charge is 0.0900 e. The highest BCUT2D eigenvalue weighted by atomic mass is 32.1. The maximum atomic E-state index is 6.03. The summed E-state index contributed by atoms with van der Waals surface area (Å²) in [5.74, 6) is 0. The quantitative estimate of drug-likeness (QED) is 0.647. The van der Waals surface area contributed by atoms with E-state index in [1.165, 1.54) is 11.3 Å². The van der Waals surface area contributed by atoms with Crippen LogP contribution in [0.2, 0.25) is 0 Å². The molecule has 0 fully saturated rings. The lowest BCUT2D eigenvalue weighted by Gasteiger charge is -2.23. The number of nitrogens with zero attached hydrogens (tertiary/aromatic N) is 1. The van der Waals surface area contributed by atoms with E-state index < -0.39 is 0 Å². The van der Waals surface area contributed by atoms with Crippen molar-refractivity contribution >= 4 is 20.6 Å². The SMILES string of the molecule is Cc1nc2c(s1)CCC(P)C2N. The van der Waals surface area contributed by atoms with E-state index in [9.17, 15) is 0 Å². The van der Waals surface area contributed by atoms with Crippen LogP contribution in [0.4, 0.5) is 0 Å². The summed E-state index contributed by atoms with van der Waals surface area (Å²) in [5, 5.41) is 1.15. The van der Waals surface area contributed by atoms with Crippen LogP contribution in [0.15, 0.2) is 0 Å². The van der Waals surface area contributed by atoms with E-state index in [4.69, 9.17) is 5.73 Å². The summed E-state index contributed by atoms with van der Waals surface area (Å²) < 4.78 is 0. The average Bonchev–Trinajstić information content (AvgIpc) is 2.39. The molecule has 0 spiro atoms. The number of thiazole rings is 1. The van der Waals surface area contributed by atoms with Gasteiger partial charge in [0.15, 0.2) is 0 Å². The van der Waals surface area contributed by atoms with Gasteiger partial charge in [-0.3, -0.25) is 0 Å². The van der Waals surface area contributed by atoms with Gasteiger partial charge in [0, 0.05) is 4.88 Å². The minimum Gasteiger partial charge on any atom is -0.322 e. The van der Waals surface area contributed by atoms with E-state index in [0.717, 1.165) is 17.1 Å². The zero-order valence-corrected chi connectivity index (χ0v) is 9.05. The molecule has 1 aromatic heterocycles. The first kappa shape index (κ1) is 8.61. The number of aromatic nitrogens is 1. The van der Waals surface area contributed by atoms with Crippen LogP contribution in [0.3, 0.4) is 0 Å². The molecule has 1 aliphatic rings. The Bertz CT molecular complexity index is 297. The van der Waals surface area contributed by atoms with Crippen LogP contribution < -0.4 is 5.73 Å². The fourth-order valence-corrected chi connectivity index (χ4v) is 2.96. The Labute approximate surface area is 78.8 Å². The molecule has 2 N–H and O–H groups in total. The van der Waals surface area contributed by atoms with Gasteiger partial charge in [-0.1, -0.05) is 0 Å². The molecule has 1 aromatic rings. The fourth-order valence-electron chi connectivity index (χ4n) is 1.61. The standard InChI is InChI=1S/C8H13N2PS/c1-4-10-8-6(12-4)3-2-5(11)7(8)9/h5,7H,2-3,9,11H2,1H3. The zero-order valence-electron chi connectivity index (χ0n) is 7.08. The largest absolute Gasteiger partial charge is 0.322 e. The minimum absolute atomic E-state index is 0.142. The van der Waals surface area contributed by atoms with E-state index >= 15 is 0 Å². The molecular weight excluding hydrogens is 187 g/mol. The Morgan fingerprint density at radius 1 is 1.67 bits per heavy atom. The van der Waals surface area contributed by atoms with E-state index in [2.05, 4.69) is 14.2 Å². The second-order valence-electron chi connectivity index (χ2n) is 3.27. The Hall–Kier alpha value is 0.0200. The van der Waals surface area contributed by atoms with Crippen LogP contribution >= 0.6 is 20.6 Å². The molecule has 0 amide bonds. The van der Waals surface area contributed by atoms with Crippen LogP contribution in [0.1, 0.15) is 28.0 Å². The highest BCUT2D eigenvalue weighted by Gasteiger charge is 2.26. The van der Waals surface area contributed by atoms with Crippen molar-refractivity contribution in [2.75, 3.05) is 0 Å². The third-order valence-corrected chi connectivity index (χ3v) is 4.11. The van der Waals surface area contributed by atoms with Gasteiger partial charge in [-0.25, -0.2) is 4.98 Å². The maximum absolute atomic E-state index is 6.03. The van der Waals surface area contributed by atoms with Gasteiger partial charge in [-0.15, -0.1) is 20.6 Å². The Balaban J connectivity index is 2.41. The molecule has 2 nitrogen and oxygen atoms in total. The van der Waals surface area contributed by atoms with Crippen molar-refractivity contribution in [2.24, 2.45) is 5.73 Å². The van der Waals surface area contributed by atoms with Crippen LogP contribution in [-0.2, 0) is 6.42 Å². The number of nitrogens with two attached hydrogens (primary N) is 1. The molecule has 0 aromatic carbocycles. The summed E-state index contributed by atoms with van der Waals surface area (Å²) in [5.41, 5.74) is 7.68. The molecule has 66 valence electrons. The lowest BCUT2D eigenvalue weighted by molar-refractivity contribution is 0.579. The molecule has 4 heteroatoms. The maximum Gasteiger partial charge on any atom is 0.0900 e. The van der Waals surface area contributed by atoms with E-state index in [1.54, 1.807) is 11.3 Å². The molecule has 3 atom stereocenters. The molecule has 0 aliphatic heterocycles. The predicted molar refractivity (Wildman–Crippen MR) is 55.6 cm³/mol. The van der Waals surface area contributed by atoms with Crippen molar-refractivity contribution < 1.29 is 0 Å². The van der Waals surface area contributed by atoms with Gasteiger partial charge in [0.25, 0.3) is 0 Å². The number of hydrogen-bond donors (Lipinski definition) is 1. The first-order chi connectivity index (χ1) is 5.68. The van der Waals surface area contributed by atoms with E-state index in [0.29, 0.717) is 5.66 Å². The van der Waals surface area contributed by atoms with Crippen LogP contribution in [0.5, 0.6) is 0 Å². The monoisotopic (exact) mass is 200 g/mol. The molecule has 3 unspecified atom stereocenters. The van der Waals surface area contributed by atoms with Crippen molar-refractivity contribution in [1.29, 1.82) is 0 Å². The molecule has 1 heterocycles. The number of aryl methyl sites for hydroxylation is 2. The predicted octanol–water partition coefficient (Wildman–Crippen LogP) is 1.64. The second-order valence-corrected chi connectivity index (χ2v) is 5.41. The summed E-state index contributed by atoms with van der Waals surface area (Å²) in [6, 6.07) is 0.142. The number of fused-ring (bicyclic) bond motifs is 1. The van der Waals surface area contributed by atoms with Gasteiger partial charge < -0.3 is 5.73 Å². The number of hydrogen-bond acceptors (Lipinski definition) is 3. The summed E-state index contributed by atoms with van der Waals surface area (Å²) >= 11 is 1.80. The molecule has 1 aliphatic carbocycles. The first-order valence-corrected chi connectivity index (χ1v) is 5.64. The van der Waals surface area contributed by atoms with Gasteiger partial charge in [0.1, 0.15) is 0 Å². The van der Waals surface area contributed by atoms with Crippen LogP contribution in [0, 0.1) is 6.92 Å². The topological polar surface area (TPSA) is 38.9 Å². The van der Waals surface area contributed by atoms with Gasteiger partial charge in [-0.2, -0.15) is 0 Å². The van der Waals surface area contributed by atoms with Crippen molar-refractivity contribution in [3.8, 4) is 0 Å². The van der Waals surface area contributed by atoms with Gasteiger partial charge in [0.2, 0.25) is 0 Å². The van der Waals surface area contributed by atoms with E-state index in [1.807, 2.05) is 6.92 Å². The minimum atomic E-state index is 0.142. The third-order valence-electron chi connectivity index (χ3n) is 2.32. The summed E-state index contributed by atoms with van der Waals surface area (Å²) in [4.78, 5) is 5.86. The summed E-state index contributed by atoms with van der Waals surface area (Å²) in [6.45, 7) is 2.05. The van der Waals surface area contributed by atoms with Gasteiger partial charge in [0.05, 0.1) is 16.7 Å². The highest BCUT2D eigenvalue weighted by Crippen LogP contribution is 2.35. The normalized spacial score (nSPS) is 28.6. The fraction of sp³-hybridized carbons (Fsp3) is 0.625. The molecule has 0 radical (unpaired) electrons. The van der Waals surface area contributed by atoms with Gasteiger partial charge >= 0.3 is 0 Å². The molecule has 0 bridgehead atoms. The Morgan fingerprint density at radius 2 is 2.42 bits per heavy atom. The zero-order chi connectivity index (χ0) is 8.72. The highest BCUT2D eigenvalue weighted by molar-refractivity contribution is 7.17. The number of rotatable bonds is 0. The molecule has 12 heavy (non-hydrogen) atoms. The summed E-state index contributed by atoms with van der Waals surface area (Å²) in [7, 11) is 2.82. The van der Waals surface area contributed by atoms with Crippen molar-refractivity contribution in [3.05, 3.63) is 15.6 Å². The second kappa shape index (κ2) is 3.06. The molecule has 2 rings (SSSR count). The lowest BCUT2D eigenvalue weighted by Crippen LogP contribution is -2.26.